The Labute approximate surface area is 140 Å². The van der Waals surface area contributed by atoms with Gasteiger partial charge in [-0.05, 0) is 25.0 Å². The number of ether oxygens (including phenoxy) is 1. The zero-order valence-corrected chi connectivity index (χ0v) is 14.2. The average molecular weight is 327 g/mol. The first kappa shape index (κ1) is 15.4. The number of nitrogens with zero attached hydrogens (tertiary/aromatic N) is 3. The van der Waals surface area contributed by atoms with Gasteiger partial charge in [0.05, 0.1) is 24.4 Å². The Balaban J connectivity index is 1.67. The summed E-state index contributed by atoms with van der Waals surface area (Å²) in [6.07, 6.45) is 0.671. The largest absolute Gasteiger partial charge is 0.369 e. The van der Waals surface area contributed by atoms with E-state index in [4.69, 9.17) is 9.57 Å². The average Bonchev–Trinajstić information content (AvgIpc) is 2.90. The van der Waals surface area contributed by atoms with Crippen molar-refractivity contribution in [1.82, 2.24) is 14.8 Å². The SMILES string of the molecule is C[C@@H]1Cc2c(nn(C)c2C(=O)N2Cc3ccccc3CO2)[C@H](C)O1. The summed E-state index contributed by atoms with van der Waals surface area (Å²) in [4.78, 5) is 18.8. The van der Waals surface area contributed by atoms with Crippen molar-refractivity contribution in [3.8, 4) is 0 Å². The van der Waals surface area contributed by atoms with Gasteiger partial charge < -0.3 is 4.74 Å². The number of hydroxylamine groups is 2. The predicted molar refractivity (Wildman–Crippen MR) is 87.0 cm³/mol. The molecule has 6 heteroatoms. The highest BCUT2D eigenvalue weighted by Gasteiger charge is 2.34. The highest BCUT2D eigenvalue weighted by atomic mass is 16.7. The molecule has 0 radical (unpaired) electrons. The summed E-state index contributed by atoms with van der Waals surface area (Å²) in [6, 6.07) is 8.04. The van der Waals surface area contributed by atoms with Gasteiger partial charge in [-0.2, -0.15) is 5.10 Å². The van der Waals surface area contributed by atoms with E-state index in [1.54, 1.807) is 11.7 Å². The molecule has 3 heterocycles. The third-order valence-electron chi connectivity index (χ3n) is 4.73. The Morgan fingerprint density at radius 2 is 2.00 bits per heavy atom. The van der Waals surface area contributed by atoms with Crippen LogP contribution in [0, 0.1) is 0 Å². The molecule has 1 aromatic heterocycles. The minimum absolute atomic E-state index is 0.0752. The quantitative estimate of drug-likeness (QED) is 0.808. The molecule has 2 atom stereocenters. The lowest BCUT2D eigenvalue weighted by molar-refractivity contribution is -0.150. The topological polar surface area (TPSA) is 56.6 Å². The number of hydrogen-bond acceptors (Lipinski definition) is 4. The molecule has 0 aliphatic carbocycles. The van der Waals surface area contributed by atoms with E-state index in [9.17, 15) is 4.79 Å². The highest BCUT2D eigenvalue weighted by Crippen LogP contribution is 2.32. The third-order valence-corrected chi connectivity index (χ3v) is 4.73. The lowest BCUT2D eigenvalue weighted by Crippen LogP contribution is -2.36. The van der Waals surface area contributed by atoms with E-state index >= 15 is 0 Å². The van der Waals surface area contributed by atoms with Gasteiger partial charge in [-0.3, -0.25) is 14.3 Å². The molecular weight excluding hydrogens is 306 g/mol. The van der Waals surface area contributed by atoms with E-state index in [0.29, 0.717) is 25.3 Å². The van der Waals surface area contributed by atoms with Gasteiger partial charge in [-0.25, -0.2) is 5.06 Å². The molecule has 0 N–H and O–H groups in total. The Kier molecular flexibility index (Phi) is 3.66. The van der Waals surface area contributed by atoms with Crippen LogP contribution in [0.25, 0.3) is 0 Å². The molecular formula is C18H21N3O3. The van der Waals surface area contributed by atoms with E-state index in [0.717, 1.165) is 22.4 Å². The zero-order chi connectivity index (χ0) is 16.8. The first-order chi connectivity index (χ1) is 11.5. The van der Waals surface area contributed by atoms with Crippen LogP contribution in [0.2, 0.25) is 0 Å². The number of aryl methyl sites for hydroxylation is 1. The summed E-state index contributed by atoms with van der Waals surface area (Å²) in [5.74, 6) is -0.137. The van der Waals surface area contributed by atoms with Gasteiger partial charge >= 0.3 is 0 Å². The fourth-order valence-corrected chi connectivity index (χ4v) is 3.58. The molecule has 24 heavy (non-hydrogen) atoms. The van der Waals surface area contributed by atoms with Crippen LogP contribution in [0.1, 0.15) is 52.8 Å². The monoisotopic (exact) mass is 327 g/mol. The van der Waals surface area contributed by atoms with Crippen LogP contribution >= 0.6 is 0 Å². The summed E-state index contributed by atoms with van der Waals surface area (Å²) < 4.78 is 7.48. The van der Waals surface area contributed by atoms with E-state index in [1.807, 2.05) is 38.1 Å². The molecule has 4 rings (SSSR count). The van der Waals surface area contributed by atoms with Gasteiger partial charge in [-0.15, -0.1) is 0 Å². The Morgan fingerprint density at radius 3 is 2.79 bits per heavy atom. The van der Waals surface area contributed by atoms with E-state index in [2.05, 4.69) is 5.10 Å². The summed E-state index contributed by atoms with van der Waals surface area (Å²) in [5, 5.41) is 5.96. The van der Waals surface area contributed by atoms with Crippen molar-refractivity contribution in [3.63, 3.8) is 0 Å². The van der Waals surface area contributed by atoms with Gasteiger partial charge in [0.1, 0.15) is 12.3 Å². The van der Waals surface area contributed by atoms with Crippen molar-refractivity contribution >= 4 is 5.91 Å². The number of rotatable bonds is 1. The fourth-order valence-electron chi connectivity index (χ4n) is 3.58. The van der Waals surface area contributed by atoms with Crippen molar-refractivity contribution in [3.05, 3.63) is 52.3 Å². The molecule has 1 amide bonds. The summed E-state index contributed by atoms with van der Waals surface area (Å²) in [6.45, 7) is 4.87. The van der Waals surface area contributed by atoms with Crippen LogP contribution in [0.5, 0.6) is 0 Å². The number of fused-ring (bicyclic) bond motifs is 2. The molecule has 2 aromatic rings. The maximum absolute atomic E-state index is 13.1. The Hall–Kier alpha value is -2.18. The minimum atomic E-state index is -0.137. The molecule has 2 aliphatic heterocycles. The predicted octanol–water partition coefficient (Wildman–Crippen LogP) is 2.53. The van der Waals surface area contributed by atoms with E-state index < -0.39 is 0 Å². The van der Waals surface area contributed by atoms with Gasteiger partial charge in [0.15, 0.2) is 0 Å². The molecule has 0 unspecified atom stereocenters. The highest BCUT2D eigenvalue weighted by molar-refractivity contribution is 5.93. The van der Waals surface area contributed by atoms with Crippen LogP contribution in [0.15, 0.2) is 24.3 Å². The zero-order valence-electron chi connectivity index (χ0n) is 14.2. The van der Waals surface area contributed by atoms with Crippen LogP contribution < -0.4 is 0 Å². The molecule has 0 fully saturated rings. The van der Waals surface area contributed by atoms with E-state index in [-0.39, 0.29) is 18.1 Å². The van der Waals surface area contributed by atoms with Crippen molar-refractivity contribution in [1.29, 1.82) is 0 Å². The van der Waals surface area contributed by atoms with Crippen LogP contribution in [0.4, 0.5) is 0 Å². The summed E-state index contributed by atoms with van der Waals surface area (Å²) in [5.41, 5.74) is 4.70. The molecule has 6 nitrogen and oxygen atoms in total. The first-order valence-electron chi connectivity index (χ1n) is 8.27. The van der Waals surface area contributed by atoms with E-state index in [1.165, 1.54) is 5.06 Å². The number of aromatic nitrogens is 2. The molecule has 0 saturated heterocycles. The van der Waals surface area contributed by atoms with Crippen LogP contribution in [0.3, 0.4) is 0 Å². The Morgan fingerprint density at radius 1 is 1.25 bits per heavy atom. The van der Waals surface area contributed by atoms with Crippen molar-refractivity contribution in [2.45, 2.75) is 45.6 Å². The number of carbonyl (C=O) groups excluding carboxylic acids is 1. The first-order valence-corrected chi connectivity index (χ1v) is 8.27. The number of amides is 1. The third kappa shape index (κ3) is 2.42. The second kappa shape index (κ2) is 5.72. The van der Waals surface area contributed by atoms with Gasteiger partial charge in [-0.1, -0.05) is 24.3 Å². The Bertz CT molecular complexity index is 799. The lowest BCUT2D eigenvalue weighted by Gasteiger charge is -2.29. The van der Waals surface area contributed by atoms with Crippen LogP contribution in [-0.4, -0.2) is 26.9 Å². The molecule has 0 saturated carbocycles. The van der Waals surface area contributed by atoms with Crippen LogP contribution in [-0.2, 0) is 36.2 Å². The maximum Gasteiger partial charge on any atom is 0.296 e. The molecule has 126 valence electrons. The van der Waals surface area contributed by atoms with Gasteiger partial charge in [0.25, 0.3) is 5.91 Å². The van der Waals surface area contributed by atoms with Crippen molar-refractivity contribution in [2.24, 2.45) is 7.05 Å². The molecule has 1 aromatic carbocycles. The minimum Gasteiger partial charge on any atom is -0.369 e. The fraction of sp³-hybridized carbons (Fsp3) is 0.444. The summed E-state index contributed by atoms with van der Waals surface area (Å²) >= 11 is 0. The van der Waals surface area contributed by atoms with Gasteiger partial charge in [0, 0.05) is 19.0 Å². The second-order valence-electron chi connectivity index (χ2n) is 6.51. The summed E-state index contributed by atoms with van der Waals surface area (Å²) in [7, 11) is 1.81. The molecule has 0 spiro atoms. The van der Waals surface area contributed by atoms with Crippen molar-refractivity contribution in [2.75, 3.05) is 0 Å². The second-order valence-corrected chi connectivity index (χ2v) is 6.51. The number of hydrogen-bond donors (Lipinski definition) is 0. The molecule has 2 aliphatic rings. The maximum atomic E-state index is 13.1. The molecule has 0 bridgehead atoms. The lowest BCUT2D eigenvalue weighted by atomic mass is 9.99. The normalized spacial score (nSPS) is 22.9. The number of benzene rings is 1. The van der Waals surface area contributed by atoms with Crippen molar-refractivity contribution < 1.29 is 14.4 Å². The standard InChI is InChI=1S/C18H21N3O3/c1-11-8-15-16(12(2)24-11)19-20(3)17(15)18(22)21-9-13-6-4-5-7-14(13)10-23-21/h4-7,11-12H,8-10H2,1-3H3/t11-,12+/m1/s1. The number of carbonyl (C=O) groups is 1. The van der Waals surface area contributed by atoms with Gasteiger partial charge in [0.2, 0.25) is 0 Å². The smallest absolute Gasteiger partial charge is 0.296 e.